The zero-order chi connectivity index (χ0) is 51.7. The maximum absolute atomic E-state index is 2.62. The number of aryl methyl sites for hydroxylation is 1. The summed E-state index contributed by atoms with van der Waals surface area (Å²) in [5.41, 5.74) is 26.9. The summed E-state index contributed by atoms with van der Waals surface area (Å²) < 4.78 is 1.35. The zero-order valence-corrected chi connectivity index (χ0v) is 48.2. The number of rotatable bonds is 7. The van der Waals surface area contributed by atoms with Crippen LogP contribution in [0.15, 0.2) is 96.4 Å². The second-order valence-electron chi connectivity index (χ2n) is 26.8. The van der Waals surface area contributed by atoms with Crippen molar-refractivity contribution in [1.82, 2.24) is 0 Å². The van der Waals surface area contributed by atoms with Gasteiger partial charge in [-0.25, -0.2) is 0 Å². The Kier molecular flexibility index (Phi) is 12.5. The van der Waals surface area contributed by atoms with Gasteiger partial charge in [0.15, 0.2) is 0 Å². The van der Waals surface area contributed by atoms with E-state index in [1.807, 2.05) is 11.3 Å². The molecule has 0 spiro atoms. The Bertz CT molecular complexity index is 3220. The van der Waals surface area contributed by atoms with Gasteiger partial charge in [0, 0.05) is 43.8 Å². The summed E-state index contributed by atoms with van der Waals surface area (Å²) >= 11 is 1.89. The van der Waals surface area contributed by atoms with Crippen molar-refractivity contribution in [2.24, 2.45) is 0 Å². The number of hydrogen-bond acceptors (Lipinski definition) is 3. The third-order valence-corrected chi connectivity index (χ3v) is 18.7. The van der Waals surface area contributed by atoms with Crippen molar-refractivity contribution in [2.45, 2.75) is 162 Å². The molecule has 0 N–H and O–H groups in total. The smallest absolute Gasteiger partial charge is 0.139 e. The van der Waals surface area contributed by atoms with Gasteiger partial charge in [-0.2, -0.15) is 0 Å². The Labute approximate surface area is 437 Å². The van der Waals surface area contributed by atoms with E-state index in [1.165, 1.54) is 129 Å². The van der Waals surface area contributed by atoms with Crippen molar-refractivity contribution in [1.29, 1.82) is 0 Å². The van der Waals surface area contributed by atoms with Crippen molar-refractivity contribution in [3.8, 4) is 11.1 Å². The van der Waals surface area contributed by atoms with E-state index in [0.717, 1.165) is 17.8 Å². The van der Waals surface area contributed by atoms with Crippen molar-refractivity contribution in [2.75, 3.05) is 9.80 Å². The van der Waals surface area contributed by atoms with Gasteiger partial charge in [-0.05, 0) is 176 Å². The number of benzene rings is 6. The first-order chi connectivity index (χ1) is 32.9. The third-order valence-electron chi connectivity index (χ3n) is 17.8. The minimum absolute atomic E-state index is 0.0385. The van der Waals surface area contributed by atoms with Crippen molar-refractivity contribution >= 4 is 122 Å². The summed E-state index contributed by atoms with van der Waals surface area (Å²) in [6, 6.07) is 36.7. The highest BCUT2D eigenvalue weighted by Crippen LogP contribution is 2.53. The standard InChI is InChI=1S/C63H79B5N2S/c1-36-28-41(69(39-19-16-37(17-20-39)58(2,3)4)50-35-71-51-34-48-47(33-43(50)51)62(12,13)26-27-63(48,14)15)31-42(29-36)70(40-21-22-45-46(32-40)61(10,11)25-24-60(45,8)9)49-23-18-38(59(5,6)7)30-44(49)52-53(64)55(66)57(68)56(67)54(52)65/h16-23,28-35H,24-27,64-68H2,1-15H3. The predicted molar refractivity (Wildman–Crippen MR) is 330 cm³/mol. The maximum atomic E-state index is 2.62. The molecule has 8 heteroatoms. The Morgan fingerprint density at radius 3 is 1.42 bits per heavy atom. The highest BCUT2D eigenvalue weighted by molar-refractivity contribution is 7.17. The average Bonchev–Trinajstić information content (AvgIpc) is 3.70. The molecule has 2 aliphatic carbocycles. The Morgan fingerprint density at radius 1 is 0.437 bits per heavy atom. The summed E-state index contributed by atoms with van der Waals surface area (Å²) in [5, 5.41) is 3.76. The summed E-state index contributed by atoms with van der Waals surface area (Å²) in [4.78, 5) is 5.18. The first kappa shape index (κ1) is 51.1. The topological polar surface area (TPSA) is 6.48 Å². The highest BCUT2D eigenvalue weighted by Gasteiger charge is 2.40. The van der Waals surface area contributed by atoms with E-state index in [2.05, 4.69) is 249 Å². The summed E-state index contributed by atoms with van der Waals surface area (Å²) in [7, 11) is 11.6. The molecule has 0 fully saturated rings. The van der Waals surface area contributed by atoms with E-state index in [1.54, 1.807) is 0 Å². The predicted octanol–water partition coefficient (Wildman–Crippen LogP) is 10.4. The van der Waals surface area contributed by atoms with Gasteiger partial charge in [0.1, 0.15) is 39.2 Å². The normalized spacial score (nSPS) is 16.9. The van der Waals surface area contributed by atoms with E-state index in [9.17, 15) is 0 Å². The number of nitrogens with zero attached hydrogens (tertiary/aromatic N) is 2. The molecule has 0 aliphatic heterocycles. The molecular formula is C63H79B5N2S. The van der Waals surface area contributed by atoms with Crippen molar-refractivity contribution in [3.63, 3.8) is 0 Å². The second-order valence-corrected chi connectivity index (χ2v) is 27.7. The van der Waals surface area contributed by atoms with E-state index in [0.29, 0.717) is 0 Å². The van der Waals surface area contributed by atoms with Crippen LogP contribution in [0.25, 0.3) is 21.2 Å². The number of hydrogen-bond donors (Lipinski definition) is 0. The first-order valence-corrected chi connectivity index (χ1v) is 27.5. The van der Waals surface area contributed by atoms with E-state index in [-0.39, 0.29) is 32.5 Å². The van der Waals surface area contributed by atoms with Gasteiger partial charge in [0.05, 0.1) is 11.4 Å². The van der Waals surface area contributed by atoms with Crippen LogP contribution < -0.4 is 37.1 Å². The monoisotopic (exact) mass is 951 g/mol. The van der Waals surface area contributed by atoms with Gasteiger partial charge >= 0.3 is 0 Å². The minimum Gasteiger partial charge on any atom is -0.310 e. The molecule has 2 aliphatic rings. The minimum atomic E-state index is -0.0385. The molecule has 71 heavy (non-hydrogen) atoms. The molecule has 0 saturated carbocycles. The lowest BCUT2D eigenvalue weighted by atomic mass is 9.59. The molecule has 2 nitrogen and oxygen atoms in total. The Morgan fingerprint density at radius 2 is 0.887 bits per heavy atom. The lowest BCUT2D eigenvalue weighted by Gasteiger charge is -2.42. The molecular weight excluding hydrogens is 871 g/mol. The van der Waals surface area contributed by atoms with Crippen LogP contribution in [0.1, 0.15) is 162 Å². The molecule has 362 valence electrons. The third kappa shape index (κ3) is 8.99. The average molecular weight is 950 g/mol. The fraction of sp³-hybridized carbons (Fsp3) is 0.397. The summed E-state index contributed by atoms with van der Waals surface area (Å²) in [6.07, 6.45) is 4.73. The van der Waals surface area contributed by atoms with E-state index < -0.39 is 0 Å². The Hall–Kier alpha value is -4.80. The molecule has 0 radical (unpaired) electrons. The van der Waals surface area contributed by atoms with Gasteiger partial charge in [0.2, 0.25) is 0 Å². The molecule has 7 aromatic rings. The van der Waals surface area contributed by atoms with E-state index in [4.69, 9.17) is 0 Å². The van der Waals surface area contributed by atoms with Gasteiger partial charge in [-0.15, -0.1) is 27.7 Å². The fourth-order valence-corrected chi connectivity index (χ4v) is 13.2. The van der Waals surface area contributed by atoms with Crippen LogP contribution in [-0.4, -0.2) is 39.2 Å². The van der Waals surface area contributed by atoms with Crippen LogP contribution in [0.2, 0.25) is 0 Å². The Balaban J connectivity index is 1.36. The van der Waals surface area contributed by atoms with Crippen LogP contribution in [0.3, 0.4) is 0 Å². The fourth-order valence-electron chi connectivity index (χ4n) is 12.2. The second kappa shape index (κ2) is 17.4. The molecule has 0 unspecified atom stereocenters. The van der Waals surface area contributed by atoms with Gasteiger partial charge < -0.3 is 9.80 Å². The van der Waals surface area contributed by atoms with Crippen LogP contribution in [0, 0.1) is 6.92 Å². The molecule has 9 rings (SSSR count). The molecule has 1 aromatic heterocycles. The lowest BCUT2D eigenvalue weighted by Crippen LogP contribution is -2.55. The number of fused-ring (bicyclic) bond motifs is 3. The molecule has 0 amide bonds. The van der Waals surface area contributed by atoms with Crippen LogP contribution in [0.5, 0.6) is 0 Å². The largest absolute Gasteiger partial charge is 0.310 e. The van der Waals surface area contributed by atoms with Crippen molar-refractivity contribution in [3.05, 3.63) is 135 Å². The van der Waals surface area contributed by atoms with Crippen LogP contribution >= 0.6 is 11.3 Å². The summed E-state index contributed by atoms with van der Waals surface area (Å²) in [5.74, 6) is 0. The maximum Gasteiger partial charge on any atom is 0.139 e. The van der Waals surface area contributed by atoms with Gasteiger partial charge in [-0.3, -0.25) is 0 Å². The molecule has 0 bridgehead atoms. The van der Waals surface area contributed by atoms with Crippen LogP contribution in [0.4, 0.5) is 34.1 Å². The highest BCUT2D eigenvalue weighted by atomic mass is 32.1. The van der Waals surface area contributed by atoms with Crippen LogP contribution in [-0.2, 0) is 32.5 Å². The lowest BCUT2D eigenvalue weighted by molar-refractivity contribution is 0.332. The zero-order valence-electron chi connectivity index (χ0n) is 47.4. The number of anilines is 6. The quantitative estimate of drug-likeness (QED) is 0.147. The van der Waals surface area contributed by atoms with Crippen molar-refractivity contribution < 1.29 is 0 Å². The molecule has 6 aromatic carbocycles. The van der Waals surface area contributed by atoms with E-state index >= 15 is 0 Å². The molecule has 0 atom stereocenters. The van der Waals surface area contributed by atoms with Gasteiger partial charge in [0.25, 0.3) is 0 Å². The SMILES string of the molecule is Bc1c(B)c(B)c(-c2cc(C(C)(C)C)ccc2N(c2cc(C)cc(N(c3ccc(C(C)(C)C)cc3)c3csc4cc5c(cc34)C(C)(C)CCC5(C)C)c2)c2ccc3c(c2)C(C)(C)CCC3(C)C)c(B)c1B. The van der Waals surface area contributed by atoms with Gasteiger partial charge in [-0.1, -0.05) is 132 Å². The number of thiophene rings is 1. The molecule has 0 saturated heterocycles. The summed E-state index contributed by atoms with van der Waals surface area (Å²) in [6.45, 7) is 35.9. The molecule has 1 heterocycles. The first-order valence-electron chi connectivity index (χ1n) is 26.7.